The molecule has 1 aliphatic rings. The summed E-state index contributed by atoms with van der Waals surface area (Å²) in [7, 11) is 0. The first kappa shape index (κ1) is 16.1. The van der Waals surface area contributed by atoms with Crippen molar-refractivity contribution in [2.45, 2.75) is 51.7 Å². The number of aromatic nitrogens is 1. The second-order valence-electron chi connectivity index (χ2n) is 6.55. The van der Waals surface area contributed by atoms with Crippen LogP contribution >= 0.6 is 0 Å². The molecule has 1 unspecified atom stereocenters. The van der Waals surface area contributed by atoms with Crippen molar-refractivity contribution in [3.8, 4) is 0 Å². The van der Waals surface area contributed by atoms with Gasteiger partial charge in [-0.1, -0.05) is 6.08 Å². The number of nitrogen functional groups attached to an aromatic ring is 2. The zero-order chi connectivity index (χ0) is 16.3. The van der Waals surface area contributed by atoms with E-state index in [4.69, 9.17) is 16.2 Å². The molecule has 6 heteroatoms. The fourth-order valence-electron chi connectivity index (χ4n) is 2.37. The molecule has 0 aliphatic heterocycles. The maximum atomic E-state index is 11.8. The average molecular weight is 304 g/mol. The molecule has 1 heterocycles. The van der Waals surface area contributed by atoms with Crippen LogP contribution in [0.2, 0.25) is 0 Å². The molecule has 0 fully saturated rings. The Balaban J connectivity index is 1.95. The van der Waals surface area contributed by atoms with E-state index in [0.29, 0.717) is 11.5 Å². The molecule has 1 atom stereocenters. The van der Waals surface area contributed by atoms with E-state index in [9.17, 15) is 4.79 Å². The van der Waals surface area contributed by atoms with E-state index in [2.05, 4.69) is 16.4 Å². The van der Waals surface area contributed by atoms with Crippen LogP contribution in [0.4, 0.5) is 16.3 Å². The highest BCUT2D eigenvalue weighted by Crippen LogP contribution is 2.28. The van der Waals surface area contributed by atoms with Gasteiger partial charge in [0.05, 0.1) is 5.69 Å². The van der Waals surface area contributed by atoms with Gasteiger partial charge in [-0.05, 0) is 57.2 Å². The van der Waals surface area contributed by atoms with E-state index in [0.717, 1.165) is 24.8 Å². The van der Waals surface area contributed by atoms with Gasteiger partial charge in [0, 0.05) is 12.2 Å². The number of carbonyl (C=O) groups excluding carboxylic acids is 1. The molecule has 0 spiro atoms. The lowest BCUT2D eigenvalue weighted by Gasteiger charge is -2.26. The molecule has 2 rings (SSSR count). The SMILES string of the molecule is CC(C)(C)OC(=O)NC1CC=C(c2cnc(N)c(N)c2)CC1. The molecule has 1 amide bonds. The smallest absolute Gasteiger partial charge is 0.407 e. The lowest BCUT2D eigenvalue weighted by atomic mass is 9.91. The van der Waals surface area contributed by atoms with Gasteiger partial charge in [-0.25, -0.2) is 9.78 Å². The lowest BCUT2D eigenvalue weighted by Crippen LogP contribution is -2.39. The van der Waals surface area contributed by atoms with Crippen molar-refractivity contribution in [1.29, 1.82) is 0 Å². The van der Waals surface area contributed by atoms with Crippen LogP contribution in [0.15, 0.2) is 18.3 Å². The van der Waals surface area contributed by atoms with E-state index >= 15 is 0 Å². The summed E-state index contributed by atoms with van der Waals surface area (Å²) in [5.74, 6) is 0.352. The Hall–Kier alpha value is -2.24. The van der Waals surface area contributed by atoms with Crippen molar-refractivity contribution in [3.05, 3.63) is 23.9 Å². The third-order valence-corrected chi connectivity index (χ3v) is 3.45. The van der Waals surface area contributed by atoms with Gasteiger partial charge in [0.2, 0.25) is 0 Å². The number of carbonyl (C=O) groups is 1. The summed E-state index contributed by atoms with van der Waals surface area (Å²) in [6, 6.07) is 1.94. The fraction of sp³-hybridized carbons (Fsp3) is 0.500. The zero-order valence-corrected chi connectivity index (χ0v) is 13.3. The minimum Gasteiger partial charge on any atom is -0.444 e. The van der Waals surface area contributed by atoms with Crippen molar-refractivity contribution in [2.75, 3.05) is 11.5 Å². The quantitative estimate of drug-likeness (QED) is 0.779. The first-order chi connectivity index (χ1) is 10.2. The van der Waals surface area contributed by atoms with E-state index in [1.165, 1.54) is 5.57 Å². The average Bonchev–Trinajstić information content (AvgIpc) is 2.40. The monoisotopic (exact) mass is 304 g/mol. The summed E-state index contributed by atoms with van der Waals surface area (Å²) < 4.78 is 5.27. The second-order valence-corrected chi connectivity index (χ2v) is 6.55. The maximum absolute atomic E-state index is 11.8. The number of alkyl carbamates (subject to hydrolysis) is 1. The van der Waals surface area contributed by atoms with Gasteiger partial charge in [0.25, 0.3) is 0 Å². The number of pyridine rings is 1. The molecule has 1 aromatic heterocycles. The Morgan fingerprint density at radius 2 is 2.14 bits per heavy atom. The summed E-state index contributed by atoms with van der Waals surface area (Å²) in [6.07, 6.45) is 5.95. The summed E-state index contributed by atoms with van der Waals surface area (Å²) in [6.45, 7) is 5.55. The molecule has 22 heavy (non-hydrogen) atoms. The van der Waals surface area contributed by atoms with Crippen molar-refractivity contribution in [3.63, 3.8) is 0 Å². The number of nitrogens with two attached hydrogens (primary N) is 2. The first-order valence-electron chi connectivity index (χ1n) is 7.44. The Bertz CT molecular complexity index is 590. The highest BCUT2D eigenvalue weighted by atomic mass is 16.6. The number of rotatable bonds is 2. The predicted molar refractivity (Wildman–Crippen MR) is 88.0 cm³/mol. The van der Waals surface area contributed by atoms with Crippen LogP contribution in [0.3, 0.4) is 0 Å². The summed E-state index contributed by atoms with van der Waals surface area (Å²) in [5.41, 5.74) is 13.6. The van der Waals surface area contributed by atoms with Gasteiger partial charge in [-0.2, -0.15) is 0 Å². The van der Waals surface area contributed by atoms with Gasteiger partial charge < -0.3 is 21.5 Å². The fourth-order valence-corrected chi connectivity index (χ4v) is 2.37. The van der Waals surface area contributed by atoms with Gasteiger partial charge in [-0.15, -0.1) is 0 Å². The Labute approximate surface area is 130 Å². The standard InChI is InChI=1S/C16H24N4O2/c1-16(2,3)22-15(21)20-12-6-4-10(5-7-12)11-8-13(17)14(18)19-9-11/h4,8-9,12H,5-7,17H2,1-3H3,(H2,18,19)(H,20,21). The number of allylic oxidation sites excluding steroid dienone is 1. The van der Waals surface area contributed by atoms with Crippen molar-refractivity contribution in [2.24, 2.45) is 0 Å². The minimum absolute atomic E-state index is 0.0951. The third-order valence-electron chi connectivity index (χ3n) is 3.45. The number of anilines is 2. The Morgan fingerprint density at radius 3 is 2.68 bits per heavy atom. The molecule has 5 N–H and O–H groups in total. The van der Waals surface area contributed by atoms with Gasteiger partial charge in [0.1, 0.15) is 11.4 Å². The molecule has 120 valence electrons. The van der Waals surface area contributed by atoms with Crippen LogP contribution in [-0.2, 0) is 4.74 Å². The van der Waals surface area contributed by atoms with Crippen molar-refractivity contribution >= 4 is 23.2 Å². The molecule has 0 aromatic carbocycles. The number of ether oxygens (including phenoxy) is 1. The largest absolute Gasteiger partial charge is 0.444 e. The lowest BCUT2D eigenvalue weighted by molar-refractivity contribution is 0.0502. The van der Waals surface area contributed by atoms with Gasteiger partial charge in [0.15, 0.2) is 0 Å². The van der Waals surface area contributed by atoms with Crippen molar-refractivity contribution < 1.29 is 9.53 Å². The molecule has 0 saturated carbocycles. The summed E-state index contributed by atoms with van der Waals surface area (Å²) in [4.78, 5) is 15.8. The number of hydrogen-bond acceptors (Lipinski definition) is 5. The topological polar surface area (TPSA) is 103 Å². The van der Waals surface area contributed by atoms with Crippen LogP contribution < -0.4 is 16.8 Å². The van der Waals surface area contributed by atoms with Crippen LogP contribution in [0.1, 0.15) is 45.6 Å². The Kier molecular flexibility index (Phi) is 4.59. The van der Waals surface area contributed by atoms with Gasteiger partial charge in [-0.3, -0.25) is 0 Å². The molecule has 0 saturated heterocycles. The number of amides is 1. The summed E-state index contributed by atoms with van der Waals surface area (Å²) >= 11 is 0. The highest BCUT2D eigenvalue weighted by molar-refractivity contribution is 5.72. The van der Waals surface area contributed by atoms with E-state index < -0.39 is 5.60 Å². The molecular formula is C16H24N4O2. The molecule has 6 nitrogen and oxygen atoms in total. The van der Waals surface area contributed by atoms with E-state index in [-0.39, 0.29) is 12.1 Å². The van der Waals surface area contributed by atoms with Gasteiger partial charge >= 0.3 is 6.09 Å². The predicted octanol–water partition coefficient (Wildman–Crippen LogP) is 2.71. The minimum atomic E-state index is -0.479. The normalized spacial score (nSPS) is 18.5. The second kappa shape index (κ2) is 6.25. The van der Waals surface area contributed by atoms with Crippen molar-refractivity contribution in [1.82, 2.24) is 10.3 Å². The molecule has 1 aromatic rings. The highest BCUT2D eigenvalue weighted by Gasteiger charge is 2.21. The van der Waals surface area contributed by atoms with Crippen LogP contribution in [0, 0.1) is 0 Å². The molecule has 0 radical (unpaired) electrons. The molecule has 0 bridgehead atoms. The van der Waals surface area contributed by atoms with E-state index in [1.807, 2.05) is 26.8 Å². The van der Waals surface area contributed by atoms with Crippen LogP contribution in [-0.4, -0.2) is 22.7 Å². The number of hydrogen-bond donors (Lipinski definition) is 3. The van der Waals surface area contributed by atoms with Crippen LogP contribution in [0.25, 0.3) is 5.57 Å². The molecule has 1 aliphatic carbocycles. The first-order valence-corrected chi connectivity index (χ1v) is 7.44. The third kappa shape index (κ3) is 4.38. The molecular weight excluding hydrogens is 280 g/mol. The zero-order valence-electron chi connectivity index (χ0n) is 13.3. The number of nitrogens with one attached hydrogen (secondary N) is 1. The van der Waals surface area contributed by atoms with Crippen LogP contribution in [0.5, 0.6) is 0 Å². The maximum Gasteiger partial charge on any atom is 0.407 e. The summed E-state index contributed by atoms with van der Waals surface area (Å²) in [5, 5.41) is 2.90. The van der Waals surface area contributed by atoms with E-state index in [1.54, 1.807) is 6.20 Å². The Morgan fingerprint density at radius 1 is 1.41 bits per heavy atom. The number of nitrogens with zero attached hydrogens (tertiary/aromatic N) is 1.